The molecule has 1 fully saturated rings. The number of aliphatic hydroxyl groups is 1. The molecule has 1 aromatic carbocycles. The molecule has 2 rings (SSSR count). The van der Waals surface area contributed by atoms with Crippen molar-refractivity contribution in [1.29, 1.82) is 0 Å². The molecule has 0 amide bonds. The number of rotatable bonds is 6. The van der Waals surface area contributed by atoms with Crippen LogP contribution in [0, 0.1) is 0 Å². The van der Waals surface area contributed by atoms with E-state index in [1.54, 1.807) is 0 Å². The Hall–Kier alpha value is -2.22. The van der Waals surface area contributed by atoms with Gasteiger partial charge in [0, 0.05) is 13.8 Å². The smallest absolute Gasteiger partial charge is 0.303 e. The first-order valence-corrected chi connectivity index (χ1v) is 7.88. The molecule has 1 unspecified atom stereocenters. The minimum atomic E-state index is -1.43. The number of carbonyl (C=O) groups excluding carboxylic acids is 2. The minimum absolute atomic E-state index is 0.178. The van der Waals surface area contributed by atoms with E-state index < -0.39 is 42.6 Å². The van der Waals surface area contributed by atoms with E-state index in [2.05, 4.69) is 6.58 Å². The van der Waals surface area contributed by atoms with Crippen LogP contribution in [0.5, 0.6) is 0 Å². The number of carbonyl (C=O) groups is 2. The fourth-order valence-electron chi connectivity index (χ4n) is 2.64. The van der Waals surface area contributed by atoms with E-state index in [0.717, 1.165) is 5.56 Å². The molecule has 1 aliphatic heterocycles. The van der Waals surface area contributed by atoms with E-state index in [1.165, 1.54) is 19.9 Å². The van der Waals surface area contributed by atoms with Crippen LogP contribution in [0.4, 0.5) is 0 Å². The molecule has 0 radical (unpaired) electrons. The molecule has 0 saturated carbocycles. The molecular formula is C18H22O7. The van der Waals surface area contributed by atoms with Crippen LogP contribution in [0.2, 0.25) is 0 Å². The van der Waals surface area contributed by atoms with Gasteiger partial charge >= 0.3 is 11.9 Å². The number of benzene rings is 1. The summed E-state index contributed by atoms with van der Waals surface area (Å²) in [5.74, 6) is -1.16. The molecule has 0 bridgehead atoms. The van der Waals surface area contributed by atoms with Crippen LogP contribution < -0.4 is 0 Å². The number of hydrogen-bond acceptors (Lipinski definition) is 7. The molecule has 1 heterocycles. The Morgan fingerprint density at radius 2 is 1.72 bits per heavy atom. The summed E-state index contributed by atoms with van der Waals surface area (Å²) >= 11 is 0. The van der Waals surface area contributed by atoms with Crippen LogP contribution in [-0.2, 0) is 35.1 Å². The van der Waals surface area contributed by atoms with Crippen molar-refractivity contribution in [2.75, 3.05) is 0 Å². The van der Waals surface area contributed by atoms with Crippen molar-refractivity contribution in [2.45, 2.75) is 51.2 Å². The summed E-state index contributed by atoms with van der Waals surface area (Å²) in [4.78, 5) is 22.9. The molecule has 0 spiro atoms. The Balaban J connectivity index is 2.25. The van der Waals surface area contributed by atoms with Gasteiger partial charge in [0.05, 0.1) is 6.61 Å². The molecule has 25 heavy (non-hydrogen) atoms. The molecular weight excluding hydrogens is 328 g/mol. The molecule has 5 atom stereocenters. The summed E-state index contributed by atoms with van der Waals surface area (Å²) in [5.41, 5.74) is 0.877. The van der Waals surface area contributed by atoms with Crippen LogP contribution in [0.25, 0.3) is 0 Å². The summed E-state index contributed by atoms with van der Waals surface area (Å²) in [6.07, 6.45) is -3.79. The maximum atomic E-state index is 11.5. The lowest BCUT2D eigenvalue weighted by Gasteiger charge is -2.42. The van der Waals surface area contributed by atoms with Gasteiger partial charge in [-0.05, 0) is 5.56 Å². The van der Waals surface area contributed by atoms with Crippen molar-refractivity contribution in [3.05, 3.63) is 48.6 Å². The van der Waals surface area contributed by atoms with Crippen molar-refractivity contribution in [3.63, 3.8) is 0 Å². The Morgan fingerprint density at radius 1 is 1.12 bits per heavy atom. The lowest BCUT2D eigenvalue weighted by Crippen LogP contribution is -2.60. The summed E-state index contributed by atoms with van der Waals surface area (Å²) < 4.78 is 21.6. The first-order chi connectivity index (χ1) is 11.9. The van der Waals surface area contributed by atoms with Gasteiger partial charge in [-0.1, -0.05) is 36.4 Å². The van der Waals surface area contributed by atoms with E-state index in [9.17, 15) is 14.7 Å². The fourth-order valence-corrected chi connectivity index (χ4v) is 2.64. The summed E-state index contributed by atoms with van der Waals surface area (Å²) in [6.45, 7) is 6.26. The van der Waals surface area contributed by atoms with Crippen molar-refractivity contribution in [1.82, 2.24) is 0 Å². The van der Waals surface area contributed by atoms with Gasteiger partial charge in [-0.3, -0.25) is 9.59 Å². The van der Waals surface area contributed by atoms with Gasteiger partial charge in [0.25, 0.3) is 0 Å². The molecule has 7 heteroatoms. The number of hydrogen-bond donors (Lipinski definition) is 1. The number of ether oxygens (including phenoxy) is 4. The molecule has 1 aromatic rings. The van der Waals surface area contributed by atoms with E-state index in [4.69, 9.17) is 18.9 Å². The normalized spacial score (nSPS) is 28.8. The first kappa shape index (κ1) is 19.1. The summed E-state index contributed by atoms with van der Waals surface area (Å²) in [7, 11) is 0. The summed E-state index contributed by atoms with van der Waals surface area (Å²) in [6, 6.07) is 9.32. The zero-order valence-electron chi connectivity index (χ0n) is 14.2. The number of esters is 2. The van der Waals surface area contributed by atoms with Gasteiger partial charge in [0.1, 0.15) is 12.2 Å². The van der Waals surface area contributed by atoms with E-state index in [1.807, 2.05) is 30.3 Å². The Morgan fingerprint density at radius 3 is 2.28 bits per heavy atom. The lowest BCUT2D eigenvalue weighted by molar-refractivity contribution is -0.288. The van der Waals surface area contributed by atoms with Gasteiger partial charge in [0.15, 0.2) is 18.5 Å². The maximum absolute atomic E-state index is 11.5. The molecule has 0 aliphatic carbocycles. The topological polar surface area (TPSA) is 91.3 Å². The summed E-state index contributed by atoms with van der Waals surface area (Å²) in [5, 5.41) is 10.2. The van der Waals surface area contributed by atoms with Gasteiger partial charge < -0.3 is 24.1 Å². The third kappa shape index (κ3) is 5.12. The monoisotopic (exact) mass is 350 g/mol. The maximum Gasteiger partial charge on any atom is 0.303 e. The second-order valence-corrected chi connectivity index (χ2v) is 5.64. The second-order valence-electron chi connectivity index (χ2n) is 5.64. The second kappa shape index (κ2) is 8.75. The predicted octanol–water partition coefficient (Wildman–Crippen LogP) is 1.34. The van der Waals surface area contributed by atoms with Crippen LogP contribution in [0.1, 0.15) is 19.4 Å². The molecule has 0 aromatic heterocycles. The quantitative estimate of drug-likeness (QED) is 0.611. The molecule has 7 nitrogen and oxygen atoms in total. The molecule has 1 saturated heterocycles. The fraction of sp³-hybridized carbons (Fsp3) is 0.444. The van der Waals surface area contributed by atoms with Crippen LogP contribution >= 0.6 is 0 Å². The van der Waals surface area contributed by atoms with Gasteiger partial charge in [-0.2, -0.15) is 0 Å². The number of aliphatic hydroxyl groups excluding tert-OH is 1. The average molecular weight is 350 g/mol. The Labute approximate surface area is 146 Å². The molecule has 1 aliphatic rings. The zero-order chi connectivity index (χ0) is 18.4. The highest BCUT2D eigenvalue weighted by Gasteiger charge is 2.49. The van der Waals surface area contributed by atoms with Crippen molar-refractivity contribution >= 4 is 11.9 Å². The Kier molecular flexibility index (Phi) is 6.69. The van der Waals surface area contributed by atoms with Crippen LogP contribution in [-0.4, -0.2) is 47.8 Å². The van der Waals surface area contributed by atoms with Crippen molar-refractivity contribution < 1.29 is 33.6 Å². The highest BCUT2D eigenvalue weighted by Crippen LogP contribution is 2.28. The third-order valence-electron chi connectivity index (χ3n) is 3.67. The Bertz CT molecular complexity index is 601. The zero-order valence-corrected chi connectivity index (χ0v) is 14.2. The highest BCUT2D eigenvalue weighted by atomic mass is 16.7. The van der Waals surface area contributed by atoms with E-state index in [-0.39, 0.29) is 6.61 Å². The van der Waals surface area contributed by atoms with E-state index in [0.29, 0.717) is 0 Å². The van der Waals surface area contributed by atoms with Crippen LogP contribution in [0.3, 0.4) is 0 Å². The third-order valence-corrected chi connectivity index (χ3v) is 3.67. The molecule has 136 valence electrons. The van der Waals surface area contributed by atoms with Crippen molar-refractivity contribution in [2.24, 2.45) is 0 Å². The van der Waals surface area contributed by atoms with Crippen LogP contribution in [0.15, 0.2) is 43.0 Å². The van der Waals surface area contributed by atoms with Crippen molar-refractivity contribution in [3.8, 4) is 0 Å². The van der Waals surface area contributed by atoms with Gasteiger partial charge in [-0.15, -0.1) is 6.58 Å². The molecule has 1 N–H and O–H groups in total. The minimum Gasteiger partial charge on any atom is -0.456 e. The highest BCUT2D eigenvalue weighted by molar-refractivity contribution is 5.67. The van der Waals surface area contributed by atoms with E-state index >= 15 is 0 Å². The largest absolute Gasteiger partial charge is 0.456 e. The standard InChI is InChI=1S/C18H22O7/c1-4-14-15(23-11(2)19)16(17(18(21)25-14)24-12(3)20)22-10-13-8-6-5-7-9-13/h4-9,14-18,21H,1,10H2,2-3H3/t14-,15+,16-,17+,18?/m0/s1. The SMILES string of the molecule is C=C[C@@H]1OC(O)[C@H](OC(C)=O)[C@@H](OCc2ccccc2)[C@@H]1OC(C)=O. The average Bonchev–Trinajstić information content (AvgIpc) is 2.57. The van der Waals surface area contributed by atoms with Gasteiger partial charge in [0.2, 0.25) is 0 Å². The predicted molar refractivity (Wildman–Crippen MR) is 87.2 cm³/mol. The lowest BCUT2D eigenvalue weighted by atomic mass is 9.98. The van der Waals surface area contributed by atoms with Gasteiger partial charge in [-0.25, -0.2) is 0 Å². The first-order valence-electron chi connectivity index (χ1n) is 7.88.